The highest BCUT2D eigenvalue weighted by Gasteiger charge is 2.17. The Morgan fingerprint density at radius 3 is 1.41 bits per heavy atom. The first-order valence-corrected chi connectivity index (χ1v) is 18.2. The minimum absolute atomic E-state index is 0.197. The average molecular weight is 808 g/mol. The molecule has 0 unspecified atom stereocenters. The van der Waals surface area contributed by atoms with Gasteiger partial charge in [-0.2, -0.15) is 0 Å². The number of aromatic nitrogens is 4. The first-order chi connectivity index (χ1) is 43.2. The number of hydrogen-bond donors (Lipinski definition) is 0. The fraction of sp³-hybridized carbons (Fsp3) is 0. The fourth-order valence-corrected chi connectivity index (χ4v) is 6.91. The summed E-state index contributed by atoms with van der Waals surface area (Å²) in [6, 6.07) is -20.1. The molecule has 0 bridgehead atoms. The summed E-state index contributed by atoms with van der Waals surface area (Å²) in [6.07, 6.45) is 0. The number of para-hydroxylation sites is 1. The van der Waals surface area contributed by atoms with Gasteiger partial charge in [0.1, 0.15) is 0 Å². The van der Waals surface area contributed by atoms with Gasteiger partial charge in [0.15, 0.2) is 17.5 Å². The molecule has 0 fully saturated rings. The highest BCUT2D eigenvalue weighted by Crippen LogP contribution is 2.38. The quantitative estimate of drug-likeness (QED) is 0.157. The predicted molar refractivity (Wildman–Crippen MR) is 254 cm³/mol. The smallest absolute Gasteiger partial charge is 0.164 e. The third-order valence-corrected chi connectivity index (χ3v) is 9.67. The van der Waals surface area contributed by atoms with E-state index in [1.807, 2.05) is 0 Å². The monoisotopic (exact) mass is 807 g/mol. The molecule has 0 radical (unpaired) electrons. The second-order valence-corrected chi connectivity index (χ2v) is 13.2. The first-order valence-electron chi connectivity index (χ1n) is 33.7. The van der Waals surface area contributed by atoms with Crippen LogP contribution >= 0.6 is 0 Å². The number of benzene rings is 10. The Hall–Kier alpha value is -8.21. The van der Waals surface area contributed by atoms with Crippen molar-refractivity contribution in [1.29, 1.82) is 0 Å². The molecule has 61 heavy (non-hydrogen) atoms. The standard InChI is InChI=1S/C57H36N4/c1-3-13-37(14-4-1)42-30-34-54-52(35-42)50-21-11-12-22-53(50)61(54)44-31-27-39(28-32-44)38-23-25-41(26-24-38)56-58-55(40-15-5-2-6-16-40)59-57(60-56)43-29-33-49-47-19-8-7-17-45(47)46-18-9-10-20-48(46)51(49)36-43/h1-36H/i1D,3D,4D,7D,8D,9D,10D,11D,12D,13D,14D,17D,18D,19D,20D,21D,22D,23D,24D,25D,26D,27D,28D,29D,30D,31D,32D,33D,34D,35D,36D. The third kappa shape index (κ3) is 5.96. The van der Waals surface area contributed by atoms with E-state index in [1.165, 1.54) is 12.1 Å². The zero-order valence-corrected chi connectivity index (χ0v) is 30.7. The van der Waals surface area contributed by atoms with Crippen molar-refractivity contribution in [3.63, 3.8) is 0 Å². The summed E-state index contributed by atoms with van der Waals surface area (Å²) < 4.78 is 281. The summed E-state index contributed by atoms with van der Waals surface area (Å²) in [5.41, 5.74) is -6.48. The minimum atomic E-state index is -1.09. The van der Waals surface area contributed by atoms with Crippen LogP contribution < -0.4 is 0 Å². The third-order valence-electron chi connectivity index (χ3n) is 9.67. The molecular weight excluding hydrogens is 741 g/mol. The van der Waals surface area contributed by atoms with Gasteiger partial charge in [-0.05, 0) is 90.8 Å². The topological polar surface area (TPSA) is 43.6 Å². The van der Waals surface area contributed by atoms with Crippen LogP contribution in [-0.4, -0.2) is 19.5 Å². The van der Waals surface area contributed by atoms with Gasteiger partial charge in [0.2, 0.25) is 0 Å². The second-order valence-electron chi connectivity index (χ2n) is 13.2. The van der Waals surface area contributed by atoms with E-state index in [2.05, 4.69) is 15.0 Å². The normalized spacial score (nSPS) is 18.7. The summed E-state index contributed by atoms with van der Waals surface area (Å²) in [4.78, 5) is 13.5. The maximum Gasteiger partial charge on any atom is 0.164 e. The van der Waals surface area contributed by atoms with Crippen molar-refractivity contribution in [3.05, 3.63) is 218 Å². The van der Waals surface area contributed by atoms with E-state index < -0.39 is 292 Å². The Bertz CT molecular complexity index is 5350. The van der Waals surface area contributed by atoms with Crippen molar-refractivity contribution in [2.45, 2.75) is 0 Å². The van der Waals surface area contributed by atoms with Crippen molar-refractivity contribution in [3.8, 4) is 62.1 Å². The molecular formula is C57H36N4. The summed E-state index contributed by atoms with van der Waals surface area (Å²) in [5, 5.41) is -3.85. The highest BCUT2D eigenvalue weighted by atomic mass is 15.0. The molecule has 2 aromatic heterocycles. The number of rotatable bonds is 6. The molecule has 0 atom stereocenters. The number of nitrogens with zero attached hydrogens (tertiary/aromatic N) is 4. The molecule has 0 N–H and O–H groups in total. The van der Waals surface area contributed by atoms with Gasteiger partial charge < -0.3 is 4.57 Å². The molecule has 4 nitrogen and oxygen atoms in total. The number of hydrogen-bond acceptors (Lipinski definition) is 3. The second kappa shape index (κ2) is 14.3. The molecule has 0 aliphatic rings. The Kier molecular flexibility index (Phi) is 3.68. The van der Waals surface area contributed by atoms with E-state index in [9.17, 15) is 19.2 Å². The van der Waals surface area contributed by atoms with Gasteiger partial charge in [-0.25, -0.2) is 15.0 Å². The van der Waals surface area contributed by atoms with Gasteiger partial charge in [-0.1, -0.05) is 181 Å². The van der Waals surface area contributed by atoms with Crippen molar-refractivity contribution in [2.75, 3.05) is 0 Å². The molecule has 0 spiro atoms. The van der Waals surface area contributed by atoms with Crippen LogP contribution in [0.5, 0.6) is 0 Å². The fourth-order valence-electron chi connectivity index (χ4n) is 6.91. The van der Waals surface area contributed by atoms with E-state index in [1.54, 1.807) is 18.2 Å². The van der Waals surface area contributed by atoms with E-state index in [0.29, 0.717) is 4.57 Å². The molecule has 284 valence electrons. The minimum Gasteiger partial charge on any atom is -0.309 e. The molecule has 0 saturated carbocycles. The Labute approximate surface area is 396 Å². The lowest BCUT2D eigenvalue weighted by molar-refractivity contribution is 1.07. The SMILES string of the molecule is [2H]c1c([2H])c([2H])c(-c2c([2H])c([2H])c3c(c2[2H])c2c([2H])c([2H])c([2H])c([2H])c2n3-c2c([2H])c([2H])c(-c3c([2H])c([2H])c(-c4nc(-c5ccccc5)nc(-c5c([2H])c([2H])c6c7c([2H])c([2H])c([2H])c([2H])c7c7c([2H])c([2H])c([2H])c([2H])c7c6c5[2H])n4)c([2H])c3[2H])c([2H])c2[2H])c([2H])c1[2H]. The average Bonchev–Trinajstić information content (AvgIpc) is 1.21. The van der Waals surface area contributed by atoms with Crippen LogP contribution in [0.1, 0.15) is 42.5 Å². The molecule has 0 saturated heterocycles. The van der Waals surface area contributed by atoms with Crippen LogP contribution in [0.15, 0.2) is 218 Å². The highest BCUT2D eigenvalue weighted by molar-refractivity contribution is 6.25. The Balaban J connectivity index is 1.12. The van der Waals surface area contributed by atoms with E-state index >= 15 is 0 Å². The lowest BCUT2D eigenvalue weighted by Crippen LogP contribution is -2.00. The Morgan fingerprint density at radius 1 is 0.295 bits per heavy atom. The summed E-state index contributed by atoms with van der Waals surface area (Å²) in [7, 11) is 0. The van der Waals surface area contributed by atoms with Crippen LogP contribution in [0.3, 0.4) is 0 Å². The lowest BCUT2D eigenvalue weighted by atomic mass is 9.93. The van der Waals surface area contributed by atoms with E-state index in [4.69, 9.17) is 23.3 Å². The van der Waals surface area contributed by atoms with Crippen LogP contribution in [0.4, 0.5) is 0 Å². The van der Waals surface area contributed by atoms with Crippen molar-refractivity contribution < 1.29 is 42.5 Å². The Morgan fingerprint density at radius 2 is 0.738 bits per heavy atom. The van der Waals surface area contributed by atoms with E-state index in [0.717, 1.165) is 0 Å². The molecule has 4 heteroatoms. The van der Waals surface area contributed by atoms with Crippen LogP contribution in [-0.2, 0) is 0 Å². The van der Waals surface area contributed by atoms with Gasteiger partial charge in [-0.3, -0.25) is 0 Å². The van der Waals surface area contributed by atoms with Crippen LogP contribution in [0.2, 0.25) is 0 Å². The van der Waals surface area contributed by atoms with Gasteiger partial charge in [0.05, 0.1) is 53.5 Å². The van der Waals surface area contributed by atoms with Gasteiger partial charge in [-0.15, -0.1) is 0 Å². The zero-order chi connectivity index (χ0) is 67.3. The summed E-state index contributed by atoms with van der Waals surface area (Å²) >= 11 is 0. The molecule has 0 aliphatic heterocycles. The van der Waals surface area contributed by atoms with Crippen molar-refractivity contribution in [1.82, 2.24) is 19.5 Å². The lowest BCUT2D eigenvalue weighted by Gasteiger charge is -2.13. The zero-order valence-electron chi connectivity index (χ0n) is 61.7. The van der Waals surface area contributed by atoms with Crippen molar-refractivity contribution in [2.24, 2.45) is 0 Å². The van der Waals surface area contributed by atoms with E-state index in [-0.39, 0.29) is 11.4 Å². The van der Waals surface area contributed by atoms with Gasteiger partial charge in [0.25, 0.3) is 0 Å². The first kappa shape index (κ1) is 15.8. The summed E-state index contributed by atoms with van der Waals surface area (Å²) in [5.74, 6) is -1.63. The maximum atomic E-state index is 9.83. The predicted octanol–water partition coefficient (Wildman–Crippen LogP) is 14.8. The maximum absolute atomic E-state index is 9.83. The van der Waals surface area contributed by atoms with Crippen LogP contribution in [0.25, 0.3) is 116 Å². The molecule has 2 heterocycles. The molecule has 12 rings (SSSR count). The van der Waals surface area contributed by atoms with Gasteiger partial charge in [0, 0.05) is 33.2 Å². The largest absolute Gasteiger partial charge is 0.309 e. The van der Waals surface area contributed by atoms with Gasteiger partial charge >= 0.3 is 0 Å². The molecule has 0 amide bonds. The summed E-state index contributed by atoms with van der Waals surface area (Å²) in [6.45, 7) is 0. The number of fused-ring (bicyclic) bond motifs is 9. The molecule has 0 aliphatic carbocycles. The van der Waals surface area contributed by atoms with Crippen LogP contribution in [0, 0.1) is 0 Å². The van der Waals surface area contributed by atoms with Crippen molar-refractivity contribution >= 4 is 54.1 Å². The molecule has 12 aromatic rings. The molecule has 10 aromatic carbocycles.